The molecular formula is C28H24FN9O. The summed E-state index contributed by atoms with van der Waals surface area (Å²) in [4.78, 5) is 28.9. The summed E-state index contributed by atoms with van der Waals surface area (Å²) < 4.78 is 16.2. The molecule has 0 fully saturated rings. The second-order valence-electron chi connectivity index (χ2n) is 9.37. The van der Waals surface area contributed by atoms with Crippen LogP contribution in [0.1, 0.15) is 39.2 Å². The van der Waals surface area contributed by atoms with Crippen molar-refractivity contribution in [3.05, 3.63) is 88.9 Å². The fourth-order valence-corrected chi connectivity index (χ4v) is 4.90. The van der Waals surface area contributed by atoms with E-state index in [1.807, 2.05) is 16.7 Å². The molecule has 0 saturated heterocycles. The third kappa shape index (κ3) is 4.69. The second-order valence-corrected chi connectivity index (χ2v) is 9.37. The highest BCUT2D eigenvalue weighted by Crippen LogP contribution is 2.29. The summed E-state index contributed by atoms with van der Waals surface area (Å²) in [6, 6.07) is 12.0. The molecule has 3 aromatic heterocycles. The molecule has 6 rings (SSSR count). The number of nitriles is 1. The predicted molar refractivity (Wildman–Crippen MR) is 145 cm³/mol. The van der Waals surface area contributed by atoms with Crippen molar-refractivity contribution in [2.24, 2.45) is 0 Å². The number of amides is 1. The number of benzene rings is 2. The maximum Gasteiger partial charge on any atom is 0.254 e. The van der Waals surface area contributed by atoms with Crippen LogP contribution in [0.5, 0.6) is 0 Å². The van der Waals surface area contributed by atoms with Gasteiger partial charge in [0.1, 0.15) is 17.7 Å². The molecule has 194 valence electrons. The van der Waals surface area contributed by atoms with E-state index in [9.17, 15) is 9.18 Å². The van der Waals surface area contributed by atoms with Gasteiger partial charge in [-0.2, -0.15) is 5.26 Å². The minimum absolute atomic E-state index is 0.112. The van der Waals surface area contributed by atoms with Gasteiger partial charge in [0.15, 0.2) is 11.5 Å². The Kier molecular flexibility index (Phi) is 6.22. The van der Waals surface area contributed by atoms with Crippen LogP contribution in [-0.2, 0) is 13.1 Å². The minimum atomic E-state index is -0.734. The summed E-state index contributed by atoms with van der Waals surface area (Å²) >= 11 is 0. The molecule has 1 aliphatic heterocycles. The van der Waals surface area contributed by atoms with Crippen molar-refractivity contribution in [2.45, 2.75) is 19.5 Å². The van der Waals surface area contributed by atoms with Gasteiger partial charge in [-0.1, -0.05) is 6.08 Å². The third-order valence-electron chi connectivity index (χ3n) is 6.85. The van der Waals surface area contributed by atoms with Crippen LogP contribution in [0, 0.1) is 17.1 Å². The first-order valence-corrected chi connectivity index (χ1v) is 12.4. The summed E-state index contributed by atoms with van der Waals surface area (Å²) in [7, 11) is 0. The maximum atomic E-state index is 14.3. The van der Waals surface area contributed by atoms with Gasteiger partial charge in [0.05, 0.1) is 42.1 Å². The number of aromatic amines is 1. The predicted octanol–water partition coefficient (Wildman–Crippen LogP) is 3.26. The zero-order valence-corrected chi connectivity index (χ0v) is 20.8. The number of hydrogen-bond acceptors (Lipinski definition) is 7. The number of anilines is 1. The van der Waals surface area contributed by atoms with Crippen molar-refractivity contribution in [1.82, 2.24) is 35.1 Å². The van der Waals surface area contributed by atoms with E-state index in [0.29, 0.717) is 23.5 Å². The number of rotatable bonds is 6. The normalized spacial score (nSPS) is 13.4. The number of aromatic nitrogens is 5. The number of H-pyrrole nitrogens is 1. The van der Waals surface area contributed by atoms with Crippen molar-refractivity contribution in [2.75, 3.05) is 18.8 Å². The largest absolute Gasteiger partial charge is 0.382 e. The molecule has 0 aliphatic carbocycles. The lowest BCUT2D eigenvalue weighted by Gasteiger charge is -2.16. The first kappa shape index (κ1) is 24.3. The van der Waals surface area contributed by atoms with Gasteiger partial charge in [0.25, 0.3) is 5.91 Å². The molecule has 1 amide bonds. The fourth-order valence-electron chi connectivity index (χ4n) is 4.90. The highest BCUT2D eigenvalue weighted by molar-refractivity contribution is 5.95. The smallest absolute Gasteiger partial charge is 0.254 e. The molecule has 10 nitrogen and oxygen atoms in total. The van der Waals surface area contributed by atoms with Gasteiger partial charge < -0.3 is 25.9 Å². The SMILES string of the molecule is N#Cc1ccc(C(=O)NCc2cc3cc(C4=CCNCC4)cc(Cn4cnc5c(N)ncnc54)c3[nH]2)c(F)c1. The zero-order valence-electron chi connectivity index (χ0n) is 20.8. The minimum Gasteiger partial charge on any atom is -0.382 e. The first-order valence-electron chi connectivity index (χ1n) is 12.4. The Labute approximate surface area is 222 Å². The Bertz CT molecular complexity index is 1810. The number of nitrogens with two attached hydrogens (primary N) is 1. The number of fused-ring (bicyclic) bond motifs is 2. The standard InChI is InChI=1S/C28H24FN9O/c29-23-7-16(11-30)1-2-22(23)28(39)33-12-21-10-19-8-18(17-3-5-32-6-4-17)9-20(24(19)37-21)13-38-15-36-25-26(31)34-14-35-27(25)38/h1-3,7-10,14-15,32,37H,4-6,12-13H2,(H,33,39)(H2,31,34,35). The molecular weight excluding hydrogens is 497 g/mol. The molecule has 0 unspecified atom stereocenters. The van der Waals surface area contributed by atoms with Gasteiger partial charge in [-0.3, -0.25) is 4.79 Å². The molecule has 2 aromatic carbocycles. The van der Waals surface area contributed by atoms with Crippen LogP contribution in [0.2, 0.25) is 0 Å². The van der Waals surface area contributed by atoms with E-state index in [1.165, 1.54) is 24.0 Å². The monoisotopic (exact) mass is 521 g/mol. The summed E-state index contributed by atoms with van der Waals surface area (Å²) in [6.07, 6.45) is 6.25. The van der Waals surface area contributed by atoms with E-state index in [0.717, 1.165) is 53.3 Å². The van der Waals surface area contributed by atoms with E-state index < -0.39 is 11.7 Å². The maximum absolute atomic E-state index is 14.3. The lowest BCUT2D eigenvalue weighted by atomic mass is 9.96. The average Bonchev–Trinajstić information content (AvgIpc) is 3.57. The van der Waals surface area contributed by atoms with Crippen molar-refractivity contribution in [3.8, 4) is 6.07 Å². The average molecular weight is 522 g/mol. The van der Waals surface area contributed by atoms with Gasteiger partial charge in [-0.25, -0.2) is 19.3 Å². The Balaban J connectivity index is 1.33. The van der Waals surface area contributed by atoms with Gasteiger partial charge >= 0.3 is 0 Å². The molecule has 4 heterocycles. The van der Waals surface area contributed by atoms with E-state index in [1.54, 1.807) is 6.33 Å². The summed E-state index contributed by atoms with van der Waals surface area (Å²) in [5.74, 6) is -0.963. The van der Waals surface area contributed by atoms with Gasteiger partial charge in [0, 0.05) is 17.6 Å². The Morgan fingerprint density at radius 3 is 2.90 bits per heavy atom. The molecule has 0 bridgehead atoms. The van der Waals surface area contributed by atoms with Crippen LogP contribution < -0.4 is 16.4 Å². The van der Waals surface area contributed by atoms with Crippen molar-refractivity contribution >= 4 is 39.4 Å². The van der Waals surface area contributed by atoms with E-state index in [-0.39, 0.29) is 17.7 Å². The molecule has 1 aliphatic rings. The third-order valence-corrected chi connectivity index (χ3v) is 6.85. The van der Waals surface area contributed by atoms with Gasteiger partial charge in [0.2, 0.25) is 0 Å². The molecule has 0 radical (unpaired) electrons. The zero-order chi connectivity index (χ0) is 26.9. The first-order chi connectivity index (χ1) is 19.0. The molecule has 11 heteroatoms. The number of carbonyl (C=O) groups excluding carboxylic acids is 1. The Morgan fingerprint density at radius 2 is 2.10 bits per heavy atom. The number of nitrogen functional groups attached to an aromatic ring is 1. The number of carbonyl (C=O) groups is 1. The Hall–Kier alpha value is -5.08. The van der Waals surface area contributed by atoms with E-state index in [4.69, 9.17) is 11.0 Å². The topological polar surface area (TPSA) is 150 Å². The quantitative estimate of drug-likeness (QED) is 0.268. The summed E-state index contributed by atoms with van der Waals surface area (Å²) in [6.45, 7) is 2.40. The molecule has 0 atom stereocenters. The molecule has 0 saturated carbocycles. The highest BCUT2D eigenvalue weighted by Gasteiger charge is 2.16. The Morgan fingerprint density at radius 1 is 1.21 bits per heavy atom. The van der Waals surface area contributed by atoms with Crippen LogP contribution in [0.25, 0.3) is 27.6 Å². The number of hydrogen-bond donors (Lipinski definition) is 4. The van der Waals surface area contributed by atoms with Crippen LogP contribution >= 0.6 is 0 Å². The molecule has 5 aromatic rings. The van der Waals surface area contributed by atoms with Crippen LogP contribution in [0.15, 0.2) is 55.1 Å². The van der Waals surface area contributed by atoms with Crippen molar-refractivity contribution in [3.63, 3.8) is 0 Å². The van der Waals surface area contributed by atoms with Crippen molar-refractivity contribution in [1.29, 1.82) is 5.26 Å². The number of imidazole rings is 1. The fraction of sp³-hybridized carbons (Fsp3) is 0.179. The lowest BCUT2D eigenvalue weighted by Crippen LogP contribution is -2.24. The number of nitrogens with zero attached hydrogens (tertiary/aromatic N) is 5. The highest BCUT2D eigenvalue weighted by atomic mass is 19.1. The van der Waals surface area contributed by atoms with Gasteiger partial charge in [-0.15, -0.1) is 0 Å². The second kappa shape index (κ2) is 10.00. The molecule has 5 N–H and O–H groups in total. The summed E-state index contributed by atoms with van der Waals surface area (Å²) in [5, 5.41) is 16.1. The molecule has 39 heavy (non-hydrogen) atoms. The lowest BCUT2D eigenvalue weighted by molar-refractivity contribution is 0.0946. The van der Waals surface area contributed by atoms with Crippen LogP contribution in [0.4, 0.5) is 10.2 Å². The number of nitrogens with one attached hydrogen (secondary N) is 3. The van der Waals surface area contributed by atoms with Crippen LogP contribution in [-0.4, -0.2) is 43.5 Å². The summed E-state index contributed by atoms with van der Waals surface area (Å²) in [5.41, 5.74) is 12.3. The molecule has 0 spiro atoms. The van der Waals surface area contributed by atoms with E-state index >= 15 is 0 Å². The van der Waals surface area contributed by atoms with E-state index in [2.05, 4.69) is 48.8 Å². The number of halogens is 1. The van der Waals surface area contributed by atoms with Crippen LogP contribution in [0.3, 0.4) is 0 Å². The van der Waals surface area contributed by atoms with Crippen molar-refractivity contribution < 1.29 is 9.18 Å². The van der Waals surface area contributed by atoms with Gasteiger partial charge in [-0.05, 0) is 66.1 Å².